The molecule has 0 N–H and O–H groups in total. The lowest BCUT2D eigenvalue weighted by Crippen LogP contribution is -2.52. The van der Waals surface area contributed by atoms with Crippen LogP contribution in [0.2, 0.25) is 0 Å². The lowest BCUT2D eigenvalue weighted by atomic mass is 9.48. The maximum absolute atomic E-state index is 11.9. The Bertz CT molecular complexity index is 594. The first-order valence-corrected chi connectivity index (χ1v) is 9.72. The van der Waals surface area contributed by atoms with Gasteiger partial charge in [0.05, 0.1) is 0 Å². The van der Waals surface area contributed by atoms with Crippen LogP contribution in [0.1, 0.15) is 65.7 Å². The average Bonchev–Trinajstić information content (AvgIpc) is 2.82. The van der Waals surface area contributed by atoms with Crippen molar-refractivity contribution in [1.29, 1.82) is 0 Å². The third-order valence-electron chi connectivity index (χ3n) is 8.10. The fourth-order valence-corrected chi connectivity index (χ4v) is 6.95. The van der Waals surface area contributed by atoms with Gasteiger partial charge < -0.3 is 4.74 Å². The highest BCUT2D eigenvalue weighted by atomic mass is 16.5. The van der Waals surface area contributed by atoms with Gasteiger partial charge in [-0.15, -0.1) is 0 Å². The van der Waals surface area contributed by atoms with Crippen molar-refractivity contribution in [2.75, 3.05) is 0 Å². The fourth-order valence-electron chi connectivity index (χ4n) is 6.95. The maximum Gasteiger partial charge on any atom is 0.302 e. The SMILES string of the molecule is CC(=O)O[C@H]1CC[C@@H]2[C@@H]3CC[C@]4(C)CC(=O)C=C[C@@H]4[C@@H]3CC[C@]12C. The molecule has 4 rings (SSSR count). The van der Waals surface area contributed by atoms with Crippen molar-refractivity contribution in [3.8, 4) is 0 Å². The van der Waals surface area contributed by atoms with Crippen LogP contribution in [0.4, 0.5) is 0 Å². The number of carbonyl (C=O) groups excluding carboxylic acids is 2. The Morgan fingerprint density at radius 2 is 1.88 bits per heavy atom. The second-order valence-electron chi connectivity index (χ2n) is 9.37. The molecule has 0 aromatic heterocycles. The number of hydrogen-bond acceptors (Lipinski definition) is 3. The second-order valence-corrected chi connectivity index (χ2v) is 9.37. The Balaban J connectivity index is 1.60. The van der Waals surface area contributed by atoms with Crippen LogP contribution in [0, 0.1) is 34.5 Å². The molecular formula is C21H30O3. The molecule has 0 bridgehead atoms. The van der Waals surface area contributed by atoms with Gasteiger partial charge in [-0.05, 0) is 73.7 Å². The summed E-state index contributed by atoms with van der Waals surface area (Å²) < 4.78 is 5.71. The quantitative estimate of drug-likeness (QED) is 0.673. The van der Waals surface area contributed by atoms with Crippen LogP contribution < -0.4 is 0 Å². The van der Waals surface area contributed by atoms with E-state index in [0.29, 0.717) is 23.5 Å². The molecule has 0 aliphatic heterocycles. The first kappa shape index (κ1) is 16.4. The molecule has 4 aliphatic carbocycles. The summed E-state index contributed by atoms with van der Waals surface area (Å²) in [5, 5.41) is 0. The molecule has 0 unspecified atom stereocenters. The van der Waals surface area contributed by atoms with Crippen LogP contribution >= 0.6 is 0 Å². The lowest BCUT2D eigenvalue weighted by Gasteiger charge is -2.57. The molecule has 0 saturated heterocycles. The summed E-state index contributed by atoms with van der Waals surface area (Å²) in [5.41, 5.74) is 0.337. The van der Waals surface area contributed by atoms with Gasteiger partial charge >= 0.3 is 5.97 Å². The van der Waals surface area contributed by atoms with Gasteiger partial charge in [0.1, 0.15) is 6.10 Å². The highest BCUT2D eigenvalue weighted by molar-refractivity contribution is 5.91. The highest BCUT2D eigenvalue weighted by Crippen LogP contribution is 2.64. The molecule has 3 saturated carbocycles. The van der Waals surface area contributed by atoms with E-state index < -0.39 is 0 Å². The van der Waals surface area contributed by atoms with Crippen LogP contribution in [-0.4, -0.2) is 17.9 Å². The molecule has 0 radical (unpaired) electrons. The molecule has 0 aromatic carbocycles. The Morgan fingerprint density at radius 1 is 1.12 bits per heavy atom. The molecule has 4 aliphatic rings. The molecule has 3 fully saturated rings. The number of esters is 1. The van der Waals surface area contributed by atoms with Gasteiger partial charge in [0.15, 0.2) is 5.78 Å². The zero-order valence-corrected chi connectivity index (χ0v) is 15.2. The minimum absolute atomic E-state index is 0.109. The van der Waals surface area contributed by atoms with Crippen LogP contribution in [0.5, 0.6) is 0 Å². The van der Waals surface area contributed by atoms with E-state index in [0.717, 1.165) is 25.2 Å². The molecule has 24 heavy (non-hydrogen) atoms. The van der Waals surface area contributed by atoms with E-state index in [2.05, 4.69) is 19.9 Å². The van der Waals surface area contributed by atoms with Crippen molar-refractivity contribution >= 4 is 11.8 Å². The van der Waals surface area contributed by atoms with Gasteiger partial charge in [-0.2, -0.15) is 0 Å². The normalized spacial score (nSPS) is 50.0. The number of ether oxygens (including phenoxy) is 1. The van der Waals surface area contributed by atoms with E-state index >= 15 is 0 Å². The van der Waals surface area contributed by atoms with Crippen LogP contribution in [-0.2, 0) is 14.3 Å². The van der Waals surface area contributed by atoms with Crippen molar-refractivity contribution in [3.63, 3.8) is 0 Å². The molecule has 3 nitrogen and oxygen atoms in total. The van der Waals surface area contributed by atoms with Gasteiger partial charge in [-0.3, -0.25) is 9.59 Å². The number of hydrogen-bond donors (Lipinski definition) is 0. The molecular weight excluding hydrogens is 300 g/mol. The molecule has 7 atom stereocenters. The van der Waals surface area contributed by atoms with Crippen molar-refractivity contribution in [3.05, 3.63) is 12.2 Å². The molecule has 0 heterocycles. The molecule has 0 spiro atoms. The number of carbonyl (C=O) groups is 2. The van der Waals surface area contributed by atoms with Crippen molar-refractivity contribution < 1.29 is 14.3 Å². The zero-order valence-electron chi connectivity index (χ0n) is 15.2. The number of ketones is 1. The first-order chi connectivity index (χ1) is 11.3. The average molecular weight is 330 g/mol. The first-order valence-electron chi connectivity index (χ1n) is 9.72. The molecule has 3 heteroatoms. The Kier molecular flexibility index (Phi) is 3.71. The monoisotopic (exact) mass is 330 g/mol. The van der Waals surface area contributed by atoms with E-state index in [9.17, 15) is 9.59 Å². The zero-order chi connectivity index (χ0) is 17.1. The lowest BCUT2D eigenvalue weighted by molar-refractivity contribution is -0.157. The van der Waals surface area contributed by atoms with Crippen molar-refractivity contribution in [1.82, 2.24) is 0 Å². The highest BCUT2D eigenvalue weighted by Gasteiger charge is 2.59. The molecule has 132 valence electrons. The fraction of sp³-hybridized carbons (Fsp3) is 0.810. The standard InChI is InChI=1S/C21H30O3/c1-13(22)24-19-7-6-18-16-8-10-20(2)12-14(23)4-5-17(20)15(16)9-11-21(18,19)3/h4-5,15-19H,6-12H2,1-3H3/t15-,16-,17-,18-,19+,20-,21+/m1/s1. The van der Waals surface area contributed by atoms with E-state index in [1.54, 1.807) is 0 Å². The smallest absolute Gasteiger partial charge is 0.302 e. The second kappa shape index (κ2) is 5.44. The summed E-state index contributed by atoms with van der Waals surface area (Å²) in [6.45, 7) is 6.24. The molecule has 0 amide bonds. The summed E-state index contributed by atoms with van der Waals surface area (Å²) in [5.74, 6) is 2.86. The Labute approximate surface area is 145 Å². The van der Waals surface area contributed by atoms with Gasteiger partial charge in [0.2, 0.25) is 0 Å². The molecule has 0 aromatic rings. The van der Waals surface area contributed by atoms with E-state index in [1.807, 2.05) is 6.08 Å². The predicted octanol–water partition coefficient (Wildman–Crippen LogP) is 4.31. The minimum Gasteiger partial charge on any atom is -0.462 e. The van der Waals surface area contributed by atoms with Crippen molar-refractivity contribution in [2.45, 2.75) is 71.8 Å². The largest absolute Gasteiger partial charge is 0.462 e. The third kappa shape index (κ3) is 2.30. The number of allylic oxidation sites excluding steroid dienone is 2. The van der Waals surface area contributed by atoms with Crippen LogP contribution in [0.3, 0.4) is 0 Å². The Hall–Kier alpha value is -1.12. The van der Waals surface area contributed by atoms with Crippen molar-refractivity contribution in [2.24, 2.45) is 34.5 Å². The van der Waals surface area contributed by atoms with E-state index in [1.165, 1.54) is 32.6 Å². The number of rotatable bonds is 1. The van der Waals surface area contributed by atoms with E-state index in [4.69, 9.17) is 4.74 Å². The maximum atomic E-state index is 11.9. The summed E-state index contributed by atoms with van der Waals surface area (Å²) in [7, 11) is 0. The summed E-state index contributed by atoms with van der Waals surface area (Å²) in [4.78, 5) is 23.4. The van der Waals surface area contributed by atoms with Gasteiger partial charge in [-0.1, -0.05) is 19.9 Å². The van der Waals surface area contributed by atoms with E-state index in [-0.39, 0.29) is 22.9 Å². The summed E-state index contributed by atoms with van der Waals surface area (Å²) in [6.07, 6.45) is 11.9. The van der Waals surface area contributed by atoms with Gasteiger partial charge in [-0.25, -0.2) is 0 Å². The summed E-state index contributed by atoms with van der Waals surface area (Å²) >= 11 is 0. The van der Waals surface area contributed by atoms with Gasteiger partial charge in [0.25, 0.3) is 0 Å². The predicted molar refractivity (Wildman–Crippen MR) is 92.2 cm³/mol. The van der Waals surface area contributed by atoms with Gasteiger partial charge in [0, 0.05) is 18.8 Å². The number of fused-ring (bicyclic) bond motifs is 5. The van der Waals surface area contributed by atoms with Crippen LogP contribution in [0.25, 0.3) is 0 Å². The Morgan fingerprint density at radius 3 is 2.62 bits per heavy atom. The topological polar surface area (TPSA) is 43.4 Å². The third-order valence-corrected chi connectivity index (χ3v) is 8.10. The summed E-state index contributed by atoms with van der Waals surface area (Å²) in [6, 6.07) is 0. The minimum atomic E-state index is -0.131. The van der Waals surface area contributed by atoms with Crippen LogP contribution in [0.15, 0.2) is 12.2 Å².